The second kappa shape index (κ2) is 8.28. The van der Waals surface area contributed by atoms with Crippen molar-refractivity contribution in [3.05, 3.63) is 0 Å². The van der Waals surface area contributed by atoms with Crippen molar-refractivity contribution in [2.45, 2.75) is 65.3 Å². The summed E-state index contributed by atoms with van der Waals surface area (Å²) < 4.78 is 4.77. The molecule has 116 valence electrons. The first-order valence-electron chi connectivity index (χ1n) is 7.89. The van der Waals surface area contributed by atoms with Crippen LogP contribution in [0.2, 0.25) is 0 Å². The van der Waals surface area contributed by atoms with Gasteiger partial charge in [0.2, 0.25) is 5.91 Å². The van der Waals surface area contributed by atoms with Crippen molar-refractivity contribution >= 4 is 11.9 Å². The normalized spacial score (nSPS) is 19.2. The molecule has 1 aliphatic rings. The molecule has 0 spiro atoms. The number of ether oxygens (including phenoxy) is 1. The molecule has 1 saturated carbocycles. The third-order valence-electron chi connectivity index (χ3n) is 4.43. The van der Waals surface area contributed by atoms with E-state index in [0.29, 0.717) is 6.54 Å². The van der Waals surface area contributed by atoms with Gasteiger partial charge < -0.3 is 9.64 Å². The number of carbonyl (C=O) groups excluding carboxylic acids is 2. The summed E-state index contributed by atoms with van der Waals surface area (Å²) in [7, 11) is 1.40. The lowest BCUT2D eigenvalue weighted by molar-refractivity contribution is -0.148. The van der Waals surface area contributed by atoms with Gasteiger partial charge in [0.1, 0.15) is 0 Å². The van der Waals surface area contributed by atoms with Gasteiger partial charge in [-0.2, -0.15) is 0 Å². The lowest BCUT2D eigenvalue weighted by atomic mass is 9.87. The van der Waals surface area contributed by atoms with Gasteiger partial charge in [-0.25, -0.2) is 0 Å². The fourth-order valence-corrected chi connectivity index (χ4v) is 2.86. The number of carbonyl (C=O) groups is 2. The van der Waals surface area contributed by atoms with Gasteiger partial charge in [-0.05, 0) is 26.2 Å². The molecule has 0 heterocycles. The Morgan fingerprint density at radius 1 is 1.20 bits per heavy atom. The van der Waals surface area contributed by atoms with E-state index in [9.17, 15) is 9.59 Å². The first-order valence-corrected chi connectivity index (χ1v) is 7.89. The molecule has 20 heavy (non-hydrogen) atoms. The van der Waals surface area contributed by atoms with Gasteiger partial charge in [0, 0.05) is 18.5 Å². The zero-order valence-corrected chi connectivity index (χ0v) is 13.4. The van der Waals surface area contributed by atoms with E-state index in [1.807, 2.05) is 11.8 Å². The molecule has 2 unspecified atom stereocenters. The first kappa shape index (κ1) is 17.0. The molecule has 2 atom stereocenters. The molecule has 1 amide bonds. The van der Waals surface area contributed by atoms with Crippen molar-refractivity contribution in [3.63, 3.8) is 0 Å². The number of rotatable bonds is 6. The van der Waals surface area contributed by atoms with Crippen LogP contribution in [0.3, 0.4) is 0 Å². The SMILES string of the molecule is CCC(C)N(CC(C)C(=O)OC)C(=O)C1CCCCC1. The van der Waals surface area contributed by atoms with Gasteiger partial charge in [0.25, 0.3) is 0 Å². The third kappa shape index (κ3) is 4.50. The smallest absolute Gasteiger partial charge is 0.310 e. The number of amides is 1. The lowest BCUT2D eigenvalue weighted by Crippen LogP contribution is -2.46. The molecule has 0 aliphatic heterocycles. The minimum atomic E-state index is -0.262. The van der Waals surface area contributed by atoms with E-state index in [2.05, 4.69) is 13.8 Å². The Bertz CT molecular complexity index is 324. The van der Waals surface area contributed by atoms with Gasteiger partial charge in [-0.1, -0.05) is 33.1 Å². The van der Waals surface area contributed by atoms with Gasteiger partial charge in [-0.15, -0.1) is 0 Å². The Morgan fingerprint density at radius 3 is 2.30 bits per heavy atom. The molecule has 1 aliphatic carbocycles. The van der Waals surface area contributed by atoms with E-state index < -0.39 is 0 Å². The molecule has 0 radical (unpaired) electrons. The Kier molecular flexibility index (Phi) is 7.03. The van der Waals surface area contributed by atoms with E-state index in [1.165, 1.54) is 13.5 Å². The second-order valence-electron chi connectivity index (χ2n) is 6.01. The van der Waals surface area contributed by atoms with E-state index in [-0.39, 0.29) is 29.8 Å². The largest absolute Gasteiger partial charge is 0.469 e. The summed E-state index contributed by atoms with van der Waals surface area (Å²) in [6.45, 7) is 6.44. The molecule has 0 aromatic carbocycles. The van der Waals surface area contributed by atoms with E-state index in [1.54, 1.807) is 0 Å². The molecule has 0 aromatic rings. The molecule has 0 aromatic heterocycles. The van der Waals surface area contributed by atoms with Crippen LogP contribution in [0.4, 0.5) is 0 Å². The van der Waals surface area contributed by atoms with Crippen LogP contribution in [0.1, 0.15) is 59.3 Å². The molecule has 4 nitrogen and oxygen atoms in total. The fraction of sp³-hybridized carbons (Fsp3) is 0.875. The fourth-order valence-electron chi connectivity index (χ4n) is 2.86. The Hall–Kier alpha value is -1.06. The standard InChI is InChI=1S/C16H29NO3/c1-5-13(3)17(11-12(2)16(19)20-4)15(18)14-9-7-6-8-10-14/h12-14H,5-11H2,1-4H3. The highest BCUT2D eigenvalue weighted by Crippen LogP contribution is 2.27. The average Bonchev–Trinajstić information content (AvgIpc) is 2.50. The molecular formula is C16H29NO3. The highest BCUT2D eigenvalue weighted by molar-refractivity contribution is 5.80. The van der Waals surface area contributed by atoms with Crippen molar-refractivity contribution in [1.82, 2.24) is 4.90 Å². The van der Waals surface area contributed by atoms with Crippen LogP contribution in [-0.4, -0.2) is 36.5 Å². The van der Waals surface area contributed by atoms with Gasteiger partial charge in [0.15, 0.2) is 0 Å². The number of esters is 1. The van der Waals surface area contributed by atoms with Gasteiger partial charge >= 0.3 is 5.97 Å². The van der Waals surface area contributed by atoms with Crippen LogP contribution in [0.25, 0.3) is 0 Å². The molecule has 1 rings (SSSR count). The van der Waals surface area contributed by atoms with E-state index in [0.717, 1.165) is 32.1 Å². The number of nitrogens with zero attached hydrogens (tertiary/aromatic N) is 1. The summed E-state index contributed by atoms with van der Waals surface area (Å²) in [6.07, 6.45) is 6.45. The summed E-state index contributed by atoms with van der Waals surface area (Å²) in [6, 6.07) is 0.177. The van der Waals surface area contributed by atoms with Crippen LogP contribution < -0.4 is 0 Å². The molecular weight excluding hydrogens is 254 g/mol. The maximum Gasteiger partial charge on any atom is 0.310 e. The molecule has 0 bridgehead atoms. The zero-order chi connectivity index (χ0) is 15.1. The van der Waals surface area contributed by atoms with Crippen LogP contribution >= 0.6 is 0 Å². The lowest BCUT2D eigenvalue weighted by Gasteiger charge is -2.34. The second-order valence-corrected chi connectivity index (χ2v) is 6.01. The van der Waals surface area contributed by atoms with Crippen molar-refractivity contribution in [2.24, 2.45) is 11.8 Å². The summed E-state index contributed by atoms with van der Waals surface area (Å²) in [5.41, 5.74) is 0. The van der Waals surface area contributed by atoms with Crippen LogP contribution in [0.5, 0.6) is 0 Å². The van der Waals surface area contributed by atoms with Gasteiger partial charge in [0.05, 0.1) is 13.0 Å². The Morgan fingerprint density at radius 2 is 1.80 bits per heavy atom. The predicted molar refractivity (Wildman–Crippen MR) is 79.2 cm³/mol. The highest BCUT2D eigenvalue weighted by atomic mass is 16.5. The molecule has 0 saturated heterocycles. The molecule has 0 N–H and O–H groups in total. The maximum atomic E-state index is 12.7. The Labute approximate surface area is 122 Å². The number of methoxy groups -OCH3 is 1. The Balaban J connectivity index is 2.72. The van der Waals surface area contributed by atoms with Crippen molar-refractivity contribution < 1.29 is 14.3 Å². The molecule has 4 heteroatoms. The number of hydrogen-bond acceptors (Lipinski definition) is 3. The number of hydrogen-bond donors (Lipinski definition) is 0. The zero-order valence-electron chi connectivity index (χ0n) is 13.4. The van der Waals surface area contributed by atoms with Crippen molar-refractivity contribution in [3.8, 4) is 0 Å². The van der Waals surface area contributed by atoms with Crippen LogP contribution in [0.15, 0.2) is 0 Å². The highest BCUT2D eigenvalue weighted by Gasteiger charge is 2.30. The van der Waals surface area contributed by atoms with Crippen LogP contribution in [-0.2, 0) is 14.3 Å². The monoisotopic (exact) mass is 283 g/mol. The van der Waals surface area contributed by atoms with Gasteiger partial charge in [-0.3, -0.25) is 9.59 Å². The van der Waals surface area contributed by atoms with E-state index >= 15 is 0 Å². The van der Waals surface area contributed by atoms with Crippen molar-refractivity contribution in [1.29, 1.82) is 0 Å². The summed E-state index contributed by atoms with van der Waals surface area (Å²) in [5, 5.41) is 0. The van der Waals surface area contributed by atoms with Crippen molar-refractivity contribution in [2.75, 3.05) is 13.7 Å². The topological polar surface area (TPSA) is 46.6 Å². The molecule has 1 fully saturated rings. The predicted octanol–water partition coefficient (Wildman–Crippen LogP) is 3.00. The minimum absolute atomic E-state index is 0.155. The summed E-state index contributed by atoms with van der Waals surface area (Å²) in [5.74, 6) is -0.117. The average molecular weight is 283 g/mol. The van der Waals surface area contributed by atoms with Crippen LogP contribution in [0, 0.1) is 11.8 Å². The van der Waals surface area contributed by atoms with E-state index in [4.69, 9.17) is 4.74 Å². The third-order valence-corrected chi connectivity index (χ3v) is 4.43. The summed E-state index contributed by atoms with van der Waals surface area (Å²) >= 11 is 0. The first-order chi connectivity index (χ1) is 9.51. The maximum absolute atomic E-state index is 12.7. The quantitative estimate of drug-likeness (QED) is 0.704. The summed E-state index contributed by atoms with van der Waals surface area (Å²) in [4.78, 5) is 26.2. The minimum Gasteiger partial charge on any atom is -0.469 e.